The normalized spacial score (nSPS) is 22.5. The van der Waals surface area contributed by atoms with Crippen LogP contribution < -0.4 is 10.2 Å². The summed E-state index contributed by atoms with van der Waals surface area (Å²) in [5.74, 6) is 3.43. The van der Waals surface area contributed by atoms with Crippen molar-refractivity contribution < 1.29 is 35.5 Å². The number of aromatic nitrogens is 6. The van der Waals surface area contributed by atoms with Gasteiger partial charge < -0.3 is 28.4 Å². The Hall–Kier alpha value is -5.56. The van der Waals surface area contributed by atoms with E-state index in [1.54, 1.807) is 23.1 Å². The maximum absolute atomic E-state index is 13.1. The Bertz CT molecular complexity index is 3360. The Morgan fingerprint density at radius 2 is 1.19 bits per heavy atom. The summed E-state index contributed by atoms with van der Waals surface area (Å²) in [7, 11) is -6.28. The number of benzene rings is 3. The SMILES string of the molecule is Cc1noc(C)c1-c1ccc2c(c1)nc([C@@H]1CCC(=O)N1)n2C1CCCS(=O)(=O)C1.Cc1noc(C)c1-c1ccc2c(c1)nc([C@@H]1CCC(=O)N1c1ccc(Cl)c(Cl)c1)n2C1CCCS(=O)(=O)C1. The molecule has 4 atom stereocenters. The molecule has 0 aliphatic carbocycles. The number of sulfone groups is 2. The van der Waals surface area contributed by atoms with Crippen molar-refractivity contribution in [2.24, 2.45) is 0 Å². The standard InChI is InChI=1S/C27H26Cl2N4O4S.C21H24N4O4S/c1-15-26(16(2)37-31-15)17-5-8-23-22(12-17)30-27(33(23)19-4-3-11-38(35,36)14-19)24-9-10-25(34)32(24)18-6-7-20(28)21(29)13-18;1-12-20(13(2)29-24-12)14-5-7-18-17(10-14)23-21(16-6-8-19(26)22-16)25(18)15-4-3-9-30(27,28)11-15/h5-8,12-13,19,24H,3-4,9-11,14H2,1-2H3;5,7,10,15-16H,3-4,6,8-9,11H2,1-2H3,(H,22,26)/t19?,24-;15?,16-/m00/s1. The van der Waals surface area contributed by atoms with Crippen LogP contribution in [0.3, 0.4) is 0 Å². The molecule has 4 aliphatic rings. The zero-order chi connectivity index (χ0) is 47.8. The molecule has 4 aliphatic heterocycles. The fourth-order valence-electron chi connectivity index (χ4n) is 10.7. The van der Waals surface area contributed by atoms with Gasteiger partial charge in [0.05, 0.1) is 78.6 Å². The van der Waals surface area contributed by atoms with Gasteiger partial charge >= 0.3 is 0 Å². The first-order valence-electron chi connectivity index (χ1n) is 22.8. The van der Waals surface area contributed by atoms with Crippen LogP contribution in [-0.2, 0) is 29.3 Å². The first-order valence-corrected chi connectivity index (χ1v) is 27.2. The number of nitrogens with one attached hydrogen (secondary N) is 1. The van der Waals surface area contributed by atoms with Gasteiger partial charge in [0.1, 0.15) is 23.2 Å². The Kier molecular flexibility index (Phi) is 12.1. The van der Waals surface area contributed by atoms with Crippen molar-refractivity contribution >= 4 is 82.4 Å². The van der Waals surface area contributed by atoms with Gasteiger partial charge in [0.2, 0.25) is 11.8 Å². The third-order valence-corrected chi connectivity index (χ3v) is 18.0. The van der Waals surface area contributed by atoms with E-state index in [0.717, 1.165) is 80.1 Å². The molecule has 0 saturated carbocycles. The number of anilines is 1. The third kappa shape index (κ3) is 8.61. The number of imidazole rings is 2. The van der Waals surface area contributed by atoms with E-state index in [9.17, 15) is 26.4 Å². The van der Waals surface area contributed by atoms with Crippen LogP contribution in [0.1, 0.15) is 110 Å². The average Bonchev–Trinajstić information content (AvgIpc) is 4.16. The summed E-state index contributed by atoms with van der Waals surface area (Å²) in [4.78, 5) is 36.7. The summed E-state index contributed by atoms with van der Waals surface area (Å²) in [6, 6.07) is 16.1. The average molecular weight is 1000 g/mol. The van der Waals surface area contributed by atoms with Crippen molar-refractivity contribution in [1.82, 2.24) is 34.7 Å². The first-order chi connectivity index (χ1) is 32.4. The number of halogens is 2. The molecular weight excluding hydrogens is 952 g/mol. The molecule has 0 radical (unpaired) electrons. The highest BCUT2D eigenvalue weighted by Crippen LogP contribution is 2.43. The molecule has 0 spiro atoms. The molecule has 1 N–H and O–H groups in total. The molecule has 4 fully saturated rings. The minimum absolute atomic E-state index is 0.00582. The Morgan fingerprint density at radius 3 is 1.68 bits per heavy atom. The monoisotopic (exact) mass is 1000 g/mol. The van der Waals surface area contributed by atoms with Crippen LogP contribution in [0.15, 0.2) is 63.6 Å². The number of carbonyl (C=O) groups excluding carboxylic acids is 2. The highest BCUT2D eigenvalue weighted by molar-refractivity contribution is 7.91. The van der Waals surface area contributed by atoms with Gasteiger partial charge in [0.25, 0.3) is 0 Å². The lowest BCUT2D eigenvalue weighted by Crippen LogP contribution is -2.32. The fraction of sp³-hybridized carbons (Fsp3) is 0.417. The highest BCUT2D eigenvalue weighted by Gasteiger charge is 2.40. The van der Waals surface area contributed by atoms with Crippen LogP contribution in [0.5, 0.6) is 0 Å². The number of hydrogen-bond acceptors (Lipinski definition) is 12. The fourth-order valence-corrected chi connectivity index (χ4v) is 14.3. The number of nitrogens with zero attached hydrogens (tertiary/aromatic N) is 7. The predicted octanol–water partition coefficient (Wildman–Crippen LogP) is 9.24. The number of rotatable bonds is 7. The first kappa shape index (κ1) is 46.2. The van der Waals surface area contributed by atoms with Crippen LogP contribution in [0, 0.1) is 27.7 Å². The molecular formula is C48H50Cl2N8O8S2. The minimum atomic E-state index is -3.19. The zero-order valence-corrected chi connectivity index (χ0v) is 41.1. The molecule has 2 amide bonds. The van der Waals surface area contributed by atoms with E-state index in [1.165, 1.54) is 0 Å². The summed E-state index contributed by atoms with van der Waals surface area (Å²) in [6.45, 7) is 7.55. The van der Waals surface area contributed by atoms with Crippen molar-refractivity contribution in [3.8, 4) is 22.3 Å². The molecule has 20 heteroatoms. The smallest absolute Gasteiger partial charge is 0.227 e. The van der Waals surface area contributed by atoms with Crippen molar-refractivity contribution in [2.45, 2.75) is 103 Å². The van der Waals surface area contributed by atoms with Gasteiger partial charge in [0.15, 0.2) is 19.7 Å². The summed E-state index contributed by atoms with van der Waals surface area (Å²) in [5.41, 5.74) is 9.22. The van der Waals surface area contributed by atoms with Crippen LogP contribution in [0.4, 0.5) is 5.69 Å². The number of aryl methyl sites for hydroxylation is 4. The quantitative estimate of drug-likeness (QED) is 0.159. The van der Waals surface area contributed by atoms with E-state index in [2.05, 4.69) is 24.8 Å². The summed E-state index contributed by atoms with van der Waals surface area (Å²) in [5, 5.41) is 11.9. The molecule has 4 saturated heterocycles. The molecule has 16 nitrogen and oxygen atoms in total. The minimum Gasteiger partial charge on any atom is -0.361 e. The molecule has 0 bridgehead atoms. The largest absolute Gasteiger partial charge is 0.361 e. The van der Waals surface area contributed by atoms with Gasteiger partial charge in [-0.3, -0.25) is 9.59 Å². The van der Waals surface area contributed by atoms with Crippen LogP contribution in [-0.4, -0.2) is 81.1 Å². The van der Waals surface area contributed by atoms with Gasteiger partial charge in [-0.05, 0) is 120 Å². The van der Waals surface area contributed by atoms with E-state index in [-0.39, 0.29) is 59.0 Å². The summed E-state index contributed by atoms with van der Waals surface area (Å²) < 4.78 is 64.8. The van der Waals surface area contributed by atoms with Gasteiger partial charge in [-0.15, -0.1) is 0 Å². The molecule has 3 aromatic carbocycles. The van der Waals surface area contributed by atoms with Crippen LogP contribution >= 0.6 is 23.2 Å². The predicted molar refractivity (Wildman–Crippen MR) is 259 cm³/mol. The van der Waals surface area contributed by atoms with E-state index in [0.29, 0.717) is 65.8 Å². The highest BCUT2D eigenvalue weighted by atomic mass is 35.5. The zero-order valence-electron chi connectivity index (χ0n) is 38.0. The third-order valence-electron chi connectivity index (χ3n) is 13.7. The number of hydrogen-bond donors (Lipinski definition) is 1. The van der Waals surface area contributed by atoms with Crippen molar-refractivity contribution in [3.63, 3.8) is 0 Å². The van der Waals surface area contributed by atoms with Gasteiger partial charge in [-0.25, -0.2) is 26.8 Å². The molecule has 7 aromatic rings. The van der Waals surface area contributed by atoms with Gasteiger partial charge in [-0.1, -0.05) is 45.6 Å². The lowest BCUT2D eigenvalue weighted by atomic mass is 10.0. The second kappa shape index (κ2) is 17.8. The van der Waals surface area contributed by atoms with E-state index >= 15 is 0 Å². The van der Waals surface area contributed by atoms with Crippen molar-refractivity contribution in [1.29, 1.82) is 0 Å². The topological polar surface area (TPSA) is 205 Å². The second-order valence-corrected chi connectivity index (χ2v) is 23.7. The number of fused-ring (bicyclic) bond motifs is 2. The van der Waals surface area contributed by atoms with Crippen LogP contribution in [0.25, 0.3) is 44.3 Å². The molecule has 8 heterocycles. The molecule has 356 valence electrons. The Balaban J connectivity index is 0.000000163. The molecule has 68 heavy (non-hydrogen) atoms. The number of amides is 2. The van der Waals surface area contributed by atoms with Gasteiger partial charge in [0, 0.05) is 41.7 Å². The summed E-state index contributed by atoms with van der Waals surface area (Å²) in [6.07, 6.45) is 4.75. The van der Waals surface area contributed by atoms with Crippen molar-refractivity contribution in [3.05, 3.63) is 99.2 Å². The Labute approximate surface area is 403 Å². The summed E-state index contributed by atoms with van der Waals surface area (Å²) >= 11 is 12.4. The molecule has 2 unspecified atom stereocenters. The molecule has 11 rings (SSSR count). The van der Waals surface area contributed by atoms with E-state index in [4.69, 9.17) is 42.2 Å². The second-order valence-electron chi connectivity index (χ2n) is 18.4. The van der Waals surface area contributed by atoms with E-state index < -0.39 is 19.7 Å². The maximum Gasteiger partial charge on any atom is 0.227 e. The lowest BCUT2D eigenvalue weighted by Gasteiger charge is -2.30. The maximum atomic E-state index is 13.1. The molecule has 4 aromatic heterocycles. The van der Waals surface area contributed by atoms with Crippen LogP contribution in [0.2, 0.25) is 10.0 Å². The Morgan fingerprint density at radius 1 is 0.647 bits per heavy atom. The van der Waals surface area contributed by atoms with E-state index in [1.807, 2.05) is 64.1 Å². The lowest BCUT2D eigenvalue weighted by molar-refractivity contribution is -0.119. The number of carbonyl (C=O) groups is 2. The van der Waals surface area contributed by atoms with Gasteiger partial charge in [-0.2, -0.15) is 0 Å². The van der Waals surface area contributed by atoms with Crippen molar-refractivity contribution in [2.75, 3.05) is 27.9 Å².